The van der Waals surface area contributed by atoms with Crippen molar-refractivity contribution in [2.45, 2.75) is 57.5 Å². The number of likely N-dealkylation sites (tertiary alicyclic amines) is 1. The molecule has 156 valence electrons. The lowest BCUT2D eigenvalue weighted by Gasteiger charge is -2.51. The molecule has 4 heteroatoms. The van der Waals surface area contributed by atoms with Crippen LogP contribution in [0.15, 0.2) is 49.3 Å². The molecule has 2 aliphatic heterocycles. The normalized spacial score (nSPS) is 21.4. The molecule has 0 radical (unpaired) electrons. The van der Waals surface area contributed by atoms with Gasteiger partial charge in [-0.05, 0) is 56.8 Å². The minimum atomic E-state index is 0.737. The van der Waals surface area contributed by atoms with Crippen LogP contribution in [0.2, 0.25) is 5.02 Å². The Labute approximate surface area is 181 Å². The van der Waals surface area contributed by atoms with E-state index in [0.717, 1.165) is 33.6 Å². The second kappa shape index (κ2) is 10.3. The van der Waals surface area contributed by atoms with E-state index in [1.165, 1.54) is 57.3 Å². The molecule has 2 bridgehead atoms. The number of benzene rings is 1. The minimum Gasteiger partial charge on any atom is -0.367 e. The third-order valence-electron chi connectivity index (χ3n) is 6.04. The summed E-state index contributed by atoms with van der Waals surface area (Å²) >= 11 is 5.99. The fourth-order valence-electron chi connectivity index (χ4n) is 4.60. The molecular weight excluding hydrogens is 378 g/mol. The first-order chi connectivity index (χ1) is 14.0. The predicted molar refractivity (Wildman–Crippen MR) is 126 cm³/mol. The average Bonchev–Trinajstić information content (AvgIpc) is 2.71. The third kappa shape index (κ3) is 5.40. The molecule has 2 fully saturated rings. The fraction of sp³-hybridized carbons (Fsp3) is 0.480. The fourth-order valence-corrected chi connectivity index (χ4v) is 4.82. The van der Waals surface area contributed by atoms with E-state index in [9.17, 15) is 0 Å². The van der Waals surface area contributed by atoms with Gasteiger partial charge in [-0.2, -0.15) is 0 Å². The molecule has 2 aromatic rings. The van der Waals surface area contributed by atoms with Crippen LogP contribution < -0.4 is 0 Å². The number of allylic oxidation sites excluding steroid dienone is 1. The van der Waals surface area contributed by atoms with Crippen LogP contribution in [0.25, 0.3) is 17.0 Å². The van der Waals surface area contributed by atoms with E-state index in [-0.39, 0.29) is 0 Å². The molecule has 3 heterocycles. The first-order valence-corrected chi connectivity index (χ1v) is 11.2. The van der Waals surface area contributed by atoms with E-state index in [4.69, 9.17) is 11.6 Å². The number of likely N-dealkylation sites (N-methyl/N-ethyl adjacent to an activating group) is 1. The van der Waals surface area contributed by atoms with Crippen molar-refractivity contribution in [2.75, 3.05) is 20.1 Å². The monoisotopic (exact) mass is 411 g/mol. The van der Waals surface area contributed by atoms with Crippen LogP contribution in [0.5, 0.6) is 0 Å². The number of hydrogen-bond donors (Lipinski definition) is 0. The zero-order valence-corrected chi connectivity index (χ0v) is 18.7. The van der Waals surface area contributed by atoms with E-state index in [0.29, 0.717) is 0 Å². The van der Waals surface area contributed by atoms with E-state index in [1.54, 1.807) is 18.3 Å². The van der Waals surface area contributed by atoms with Gasteiger partial charge in [-0.15, -0.1) is 0 Å². The molecule has 2 unspecified atom stereocenters. The summed E-state index contributed by atoms with van der Waals surface area (Å²) in [6, 6.07) is 9.19. The molecule has 3 nitrogen and oxygen atoms in total. The Kier molecular flexibility index (Phi) is 7.74. The van der Waals surface area contributed by atoms with Crippen molar-refractivity contribution < 1.29 is 0 Å². The summed E-state index contributed by atoms with van der Waals surface area (Å²) in [6.45, 7) is 12.8. The quantitative estimate of drug-likeness (QED) is 0.568. The second-order valence-corrected chi connectivity index (χ2v) is 8.72. The van der Waals surface area contributed by atoms with Crippen molar-refractivity contribution in [1.29, 1.82) is 0 Å². The van der Waals surface area contributed by atoms with Gasteiger partial charge in [0.25, 0.3) is 0 Å². The lowest BCUT2D eigenvalue weighted by atomic mass is 9.90. The van der Waals surface area contributed by atoms with Gasteiger partial charge in [-0.1, -0.05) is 56.3 Å². The van der Waals surface area contributed by atoms with Gasteiger partial charge in [0.05, 0.1) is 10.5 Å². The van der Waals surface area contributed by atoms with Crippen LogP contribution >= 0.6 is 11.6 Å². The predicted octanol–water partition coefficient (Wildman–Crippen LogP) is 6.39. The Morgan fingerprint density at radius 1 is 1.24 bits per heavy atom. The van der Waals surface area contributed by atoms with Crippen molar-refractivity contribution in [3.05, 3.63) is 59.9 Å². The molecule has 4 rings (SSSR count). The van der Waals surface area contributed by atoms with E-state index in [2.05, 4.69) is 41.9 Å². The highest BCUT2D eigenvalue weighted by Crippen LogP contribution is 2.32. The number of unbranched alkanes of at least 4 members (excludes halogenated alkanes) is 1. The van der Waals surface area contributed by atoms with Crippen molar-refractivity contribution in [3.63, 3.8) is 0 Å². The number of aromatic nitrogens is 1. The summed E-state index contributed by atoms with van der Waals surface area (Å²) in [7, 11) is 2.26. The van der Waals surface area contributed by atoms with Gasteiger partial charge in [-0.25, -0.2) is 0 Å². The summed E-state index contributed by atoms with van der Waals surface area (Å²) in [4.78, 5) is 9.38. The Balaban J connectivity index is 0.000000169. The highest BCUT2D eigenvalue weighted by atomic mass is 35.5. The first kappa shape index (κ1) is 21.9. The molecule has 1 aromatic carbocycles. The minimum absolute atomic E-state index is 0.737. The Hall–Kier alpha value is -1.84. The molecule has 2 saturated heterocycles. The topological polar surface area (TPSA) is 19.4 Å². The summed E-state index contributed by atoms with van der Waals surface area (Å²) in [5, 5.41) is 1.72. The van der Waals surface area contributed by atoms with Gasteiger partial charge < -0.3 is 9.80 Å². The number of piperidine rings is 1. The number of nitrogens with zero attached hydrogens (tertiary/aromatic N) is 3. The number of rotatable bonds is 5. The highest BCUT2D eigenvalue weighted by Gasteiger charge is 2.36. The standard InChI is InChI=1S/C14H26N2.C11H8ClN/c1-4-5-7-12(2)16-13-8-6-9-14(16)11-15(3)10-13;1-2-8-3-4-9-10(12)5-6-13-11(9)7-8/h13-14H,2,4-11H2,1,3H3;2-7H,1H2. The molecule has 0 amide bonds. The van der Waals surface area contributed by atoms with Crippen LogP contribution in [-0.4, -0.2) is 47.0 Å². The second-order valence-electron chi connectivity index (χ2n) is 8.31. The largest absolute Gasteiger partial charge is 0.367 e. The highest BCUT2D eigenvalue weighted by molar-refractivity contribution is 6.35. The van der Waals surface area contributed by atoms with E-state index in [1.807, 2.05) is 18.2 Å². The van der Waals surface area contributed by atoms with E-state index >= 15 is 0 Å². The van der Waals surface area contributed by atoms with Gasteiger partial charge in [0.1, 0.15) is 0 Å². The van der Waals surface area contributed by atoms with E-state index < -0.39 is 0 Å². The van der Waals surface area contributed by atoms with Gasteiger partial charge in [-0.3, -0.25) is 4.98 Å². The number of hydrogen-bond acceptors (Lipinski definition) is 3. The van der Waals surface area contributed by atoms with Crippen LogP contribution in [0, 0.1) is 0 Å². The Bertz CT molecular complexity index is 833. The number of fused-ring (bicyclic) bond motifs is 3. The van der Waals surface area contributed by atoms with Crippen LogP contribution in [0.3, 0.4) is 0 Å². The first-order valence-electron chi connectivity index (χ1n) is 10.8. The van der Waals surface area contributed by atoms with Crippen molar-refractivity contribution in [1.82, 2.24) is 14.8 Å². The van der Waals surface area contributed by atoms with Crippen molar-refractivity contribution >= 4 is 28.6 Å². The summed E-state index contributed by atoms with van der Waals surface area (Å²) in [5.74, 6) is 0. The maximum atomic E-state index is 5.99. The van der Waals surface area contributed by atoms with Gasteiger partial charge >= 0.3 is 0 Å². The van der Waals surface area contributed by atoms with Crippen LogP contribution in [0.4, 0.5) is 0 Å². The summed E-state index contributed by atoms with van der Waals surface area (Å²) < 4.78 is 0. The third-order valence-corrected chi connectivity index (χ3v) is 6.37. The van der Waals surface area contributed by atoms with Gasteiger partial charge in [0.15, 0.2) is 0 Å². The molecule has 1 aromatic heterocycles. The zero-order chi connectivity index (χ0) is 20.8. The maximum absolute atomic E-state index is 5.99. The summed E-state index contributed by atoms with van der Waals surface area (Å²) in [6.07, 6.45) is 11.4. The van der Waals surface area contributed by atoms with Crippen LogP contribution in [-0.2, 0) is 0 Å². The molecule has 2 atom stereocenters. The number of piperazine rings is 1. The molecule has 0 spiro atoms. The van der Waals surface area contributed by atoms with Crippen molar-refractivity contribution in [3.8, 4) is 0 Å². The number of pyridine rings is 1. The average molecular weight is 412 g/mol. The molecule has 0 aliphatic carbocycles. The Morgan fingerprint density at radius 2 is 1.97 bits per heavy atom. The smallest absolute Gasteiger partial charge is 0.0722 e. The Morgan fingerprint density at radius 3 is 2.62 bits per heavy atom. The molecule has 0 N–H and O–H groups in total. The zero-order valence-electron chi connectivity index (χ0n) is 17.9. The molecule has 0 saturated carbocycles. The van der Waals surface area contributed by atoms with Crippen LogP contribution in [0.1, 0.15) is 51.0 Å². The lowest BCUT2D eigenvalue weighted by Crippen LogP contribution is -2.59. The molecule has 2 aliphatic rings. The molecular formula is C25H34ClN3. The SMILES string of the molecule is C=C(CCCC)N1C2CCCC1CN(C)C2.C=Cc1ccc2c(Cl)ccnc2c1. The van der Waals surface area contributed by atoms with Gasteiger partial charge in [0.2, 0.25) is 0 Å². The maximum Gasteiger partial charge on any atom is 0.0722 e. The van der Waals surface area contributed by atoms with Crippen molar-refractivity contribution in [2.24, 2.45) is 0 Å². The number of halogens is 1. The summed E-state index contributed by atoms with van der Waals surface area (Å²) in [5.41, 5.74) is 3.37. The molecule has 29 heavy (non-hydrogen) atoms. The lowest BCUT2D eigenvalue weighted by molar-refractivity contribution is 0.0255. The van der Waals surface area contributed by atoms with Gasteiger partial charge in [0, 0.05) is 42.5 Å².